The van der Waals surface area contributed by atoms with Gasteiger partial charge in [-0.25, -0.2) is 9.97 Å². The van der Waals surface area contributed by atoms with Gasteiger partial charge in [0.15, 0.2) is 0 Å². The summed E-state index contributed by atoms with van der Waals surface area (Å²) in [4.78, 5) is 20.4. The number of rotatable bonds is 5. The van der Waals surface area contributed by atoms with Crippen LogP contribution in [0.4, 0.5) is 11.5 Å². The number of aromatic nitrogens is 2. The topological polar surface area (TPSA) is 66.9 Å². The first-order valence-corrected chi connectivity index (χ1v) is 7.53. The van der Waals surface area contributed by atoms with Crippen molar-refractivity contribution in [1.82, 2.24) is 9.97 Å². The lowest BCUT2D eigenvalue weighted by Gasteiger charge is -2.12. The number of halogens is 1. The van der Waals surface area contributed by atoms with Crippen LogP contribution in [0.2, 0.25) is 5.02 Å². The van der Waals surface area contributed by atoms with Crippen molar-refractivity contribution in [2.45, 2.75) is 33.2 Å². The van der Waals surface area contributed by atoms with E-state index in [9.17, 15) is 4.79 Å². The van der Waals surface area contributed by atoms with E-state index in [2.05, 4.69) is 34.4 Å². The Balaban J connectivity index is 2.12. The molecule has 0 fully saturated rings. The molecule has 0 aliphatic rings. The molecule has 1 heterocycles. The van der Waals surface area contributed by atoms with Gasteiger partial charge in [-0.3, -0.25) is 4.79 Å². The van der Waals surface area contributed by atoms with E-state index in [1.54, 1.807) is 18.2 Å². The van der Waals surface area contributed by atoms with Crippen LogP contribution >= 0.6 is 11.6 Å². The SMILES string of the molecule is CCC(C)Nc1cc(C(=O)Nc2ccc(C)c(Cl)c2)ncn1. The molecule has 0 radical (unpaired) electrons. The first kappa shape index (κ1) is 16.2. The standard InChI is InChI=1S/C16H19ClN4O/c1-4-11(3)20-15-8-14(18-9-19-15)16(22)21-12-6-5-10(2)13(17)7-12/h5-9,11H,4H2,1-3H3,(H,21,22)(H,18,19,20). The van der Waals surface area contributed by atoms with Crippen LogP contribution in [0.15, 0.2) is 30.6 Å². The minimum atomic E-state index is -0.297. The molecule has 0 aliphatic heterocycles. The van der Waals surface area contributed by atoms with Crippen LogP contribution in [0, 0.1) is 6.92 Å². The zero-order chi connectivity index (χ0) is 16.1. The fourth-order valence-corrected chi connectivity index (χ4v) is 1.96. The summed E-state index contributed by atoms with van der Waals surface area (Å²) in [5.74, 6) is 0.339. The van der Waals surface area contributed by atoms with Crippen molar-refractivity contribution in [1.29, 1.82) is 0 Å². The molecule has 5 nitrogen and oxygen atoms in total. The van der Waals surface area contributed by atoms with Gasteiger partial charge in [-0.15, -0.1) is 0 Å². The van der Waals surface area contributed by atoms with Crippen LogP contribution in [-0.2, 0) is 0 Å². The van der Waals surface area contributed by atoms with E-state index >= 15 is 0 Å². The Kier molecular flexibility index (Phi) is 5.33. The number of carbonyl (C=O) groups excluding carboxylic acids is 1. The molecule has 6 heteroatoms. The predicted molar refractivity (Wildman–Crippen MR) is 89.5 cm³/mol. The van der Waals surface area contributed by atoms with Crippen molar-refractivity contribution in [3.05, 3.63) is 46.9 Å². The first-order chi connectivity index (χ1) is 10.5. The summed E-state index contributed by atoms with van der Waals surface area (Å²) in [6.45, 7) is 6.04. The number of benzene rings is 1. The Bertz CT molecular complexity index is 675. The summed E-state index contributed by atoms with van der Waals surface area (Å²) >= 11 is 6.05. The van der Waals surface area contributed by atoms with Gasteiger partial charge >= 0.3 is 0 Å². The summed E-state index contributed by atoms with van der Waals surface area (Å²) in [5.41, 5.74) is 1.90. The van der Waals surface area contributed by atoms with E-state index in [0.717, 1.165) is 12.0 Å². The number of amides is 1. The highest BCUT2D eigenvalue weighted by Gasteiger charge is 2.10. The molecular weight excluding hydrogens is 300 g/mol. The molecule has 1 aromatic heterocycles. The van der Waals surface area contributed by atoms with E-state index in [4.69, 9.17) is 11.6 Å². The molecule has 0 aliphatic carbocycles. The summed E-state index contributed by atoms with van der Waals surface area (Å²) in [7, 11) is 0. The maximum Gasteiger partial charge on any atom is 0.274 e. The predicted octanol–water partition coefficient (Wildman–Crippen LogP) is 3.90. The van der Waals surface area contributed by atoms with Crippen molar-refractivity contribution in [3.8, 4) is 0 Å². The van der Waals surface area contributed by atoms with Crippen molar-refractivity contribution < 1.29 is 4.79 Å². The third-order valence-corrected chi connectivity index (χ3v) is 3.74. The summed E-state index contributed by atoms with van der Waals surface area (Å²) in [6.07, 6.45) is 2.34. The quantitative estimate of drug-likeness (QED) is 0.877. The zero-order valence-electron chi connectivity index (χ0n) is 12.9. The minimum absolute atomic E-state index is 0.279. The number of aryl methyl sites for hydroxylation is 1. The average Bonchev–Trinajstić information content (AvgIpc) is 2.51. The van der Waals surface area contributed by atoms with Gasteiger partial charge < -0.3 is 10.6 Å². The Labute approximate surface area is 135 Å². The molecule has 2 N–H and O–H groups in total. The van der Waals surface area contributed by atoms with Gasteiger partial charge in [0.2, 0.25) is 0 Å². The molecule has 116 valence electrons. The number of hydrogen-bond donors (Lipinski definition) is 2. The van der Waals surface area contributed by atoms with Gasteiger partial charge in [-0.2, -0.15) is 0 Å². The molecule has 0 spiro atoms. The minimum Gasteiger partial charge on any atom is -0.368 e. The molecule has 1 unspecified atom stereocenters. The van der Waals surface area contributed by atoms with Gasteiger partial charge in [-0.05, 0) is 38.0 Å². The number of hydrogen-bond acceptors (Lipinski definition) is 4. The Morgan fingerprint density at radius 3 is 2.77 bits per heavy atom. The summed E-state index contributed by atoms with van der Waals surface area (Å²) in [5, 5.41) is 6.61. The van der Waals surface area contributed by atoms with Crippen LogP contribution in [0.5, 0.6) is 0 Å². The summed E-state index contributed by atoms with van der Waals surface area (Å²) < 4.78 is 0. The summed E-state index contributed by atoms with van der Waals surface area (Å²) in [6, 6.07) is 7.29. The van der Waals surface area contributed by atoms with E-state index in [0.29, 0.717) is 22.2 Å². The van der Waals surface area contributed by atoms with Crippen LogP contribution < -0.4 is 10.6 Å². The van der Waals surface area contributed by atoms with Crippen LogP contribution in [0.25, 0.3) is 0 Å². The molecule has 1 amide bonds. The van der Waals surface area contributed by atoms with Gasteiger partial charge in [0.25, 0.3) is 5.91 Å². The smallest absolute Gasteiger partial charge is 0.274 e. The lowest BCUT2D eigenvalue weighted by atomic mass is 10.2. The fraction of sp³-hybridized carbons (Fsp3) is 0.312. The number of anilines is 2. The molecule has 0 saturated heterocycles. The molecule has 1 aromatic carbocycles. The molecule has 2 aromatic rings. The van der Waals surface area contributed by atoms with Crippen LogP contribution in [-0.4, -0.2) is 21.9 Å². The Hall–Kier alpha value is -2.14. The lowest BCUT2D eigenvalue weighted by Crippen LogP contribution is -2.17. The van der Waals surface area contributed by atoms with Crippen molar-refractivity contribution >= 4 is 29.0 Å². The zero-order valence-corrected chi connectivity index (χ0v) is 13.6. The highest BCUT2D eigenvalue weighted by Crippen LogP contribution is 2.20. The number of nitrogens with one attached hydrogen (secondary N) is 2. The van der Waals surface area contributed by atoms with Gasteiger partial charge in [-0.1, -0.05) is 24.6 Å². The maximum atomic E-state index is 12.2. The Morgan fingerprint density at radius 1 is 1.32 bits per heavy atom. The van der Waals surface area contributed by atoms with Crippen molar-refractivity contribution in [2.24, 2.45) is 0 Å². The molecule has 0 bridgehead atoms. The first-order valence-electron chi connectivity index (χ1n) is 7.15. The number of nitrogens with zero attached hydrogens (tertiary/aromatic N) is 2. The second kappa shape index (κ2) is 7.22. The molecular formula is C16H19ClN4O. The van der Waals surface area contributed by atoms with E-state index < -0.39 is 0 Å². The van der Waals surface area contributed by atoms with Crippen molar-refractivity contribution in [2.75, 3.05) is 10.6 Å². The maximum absolute atomic E-state index is 12.2. The largest absolute Gasteiger partial charge is 0.368 e. The monoisotopic (exact) mass is 318 g/mol. The molecule has 2 rings (SSSR count). The van der Waals surface area contributed by atoms with Gasteiger partial charge in [0, 0.05) is 22.8 Å². The normalized spacial score (nSPS) is 11.8. The van der Waals surface area contributed by atoms with E-state index in [-0.39, 0.29) is 11.9 Å². The van der Waals surface area contributed by atoms with Gasteiger partial charge in [0.05, 0.1) is 0 Å². The molecule has 1 atom stereocenters. The van der Waals surface area contributed by atoms with E-state index in [1.165, 1.54) is 6.33 Å². The fourth-order valence-electron chi connectivity index (χ4n) is 1.78. The third-order valence-electron chi connectivity index (χ3n) is 3.34. The number of carbonyl (C=O) groups is 1. The highest BCUT2D eigenvalue weighted by molar-refractivity contribution is 6.31. The second-order valence-electron chi connectivity index (χ2n) is 5.16. The average molecular weight is 319 g/mol. The lowest BCUT2D eigenvalue weighted by molar-refractivity contribution is 0.102. The molecule has 22 heavy (non-hydrogen) atoms. The van der Waals surface area contributed by atoms with E-state index in [1.807, 2.05) is 13.0 Å². The van der Waals surface area contributed by atoms with Crippen molar-refractivity contribution in [3.63, 3.8) is 0 Å². The van der Waals surface area contributed by atoms with Gasteiger partial charge in [0.1, 0.15) is 17.8 Å². The van der Waals surface area contributed by atoms with Crippen LogP contribution in [0.3, 0.4) is 0 Å². The second-order valence-corrected chi connectivity index (χ2v) is 5.57. The Morgan fingerprint density at radius 2 is 2.09 bits per heavy atom. The highest BCUT2D eigenvalue weighted by atomic mass is 35.5. The van der Waals surface area contributed by atoms with Crippen LogP contribution in [0.1, 0.15) is 36.3 Å². The third kappa shape index (κ3) is 4.18. The molecule has 0 saturated carbocycles.